The van der Waals surface area contributed by atoms with E-state index in [0.717, 1.165) is 19.4 Å². The lowest BCUT2D eigenvalue weighted by Gasteiger charge is -2.08. The SMILES string of the molecule is O=C(COc1ccccc1)Nc1ccc(NCCCc2ccccc2)nn1. The molecule has 0 unspecified atom stereocenters. The van der Waals surface area contributed by atoms with Crippen molar-refractivity contribution >= 4 is 17.5 Å². The first-order chi connectivity index (χ1) is 13.3. The van der Waals surface area contributed by atoms with Gasteiger partial charge in [-0.3, -0.25) is 4.79 Å². The minimum absolute atomic E-state index is 0.0782. The third-order valence-corrected chi connectivity index (χ3v) is 3.84. The number of anilines is 2. The third-order valence-electron chi connectivity index (χ3n) is 3.84. The molecule has 6 heteroatoms. The molecule has 0 radical (unpaired) electrons. The number of hydrogen-bond acceptors (Lipinski definition) is 5. The van der Waals surface area contributed by atoms with E-state index in [0.29, 0.717) is 17.4 Å². The van der Waals surface area contributed by atoms with Crippen LogP contribution in [0.4, 0.5) is 11.6 Å². The first-order valence-electron chi connectivity index (χ1n) is 8.89. The highest BCUT2D eigenvalue weighted by Crippen LogP contribution is 2.09. The number of nitrogens with one attached hydrogen (secondary N) is 2. The third kappa shape index (κ3) is 6.43. The van der Waals surface area contributed by atoms with Crippen LogP contribution in [0.15, 0.2) is 72.8 Å². The second-order valence-electron chi connectivity index (χ2n) is 5.97. The van der Waals surface area contributed by atoms with Crippen LogP contribution >= 0.6 is 0 Å². The second kappa shape index (κ2) is 9.91. The number of carbonyl (C=O) groups is 1. The molecule has 0 aliphatic carbocycles. The number of aryl methyl sites for hydroxylation is 1. The molecule has 27 heavy (non-hydrogen) atoms. The molecular formula is C21H22N4O2. The van der Waals surface area contributed by atoms with Crippen molar-refractivity contribution in [3.8, 4) is 5.75 Å². The highest BCUT2D eigenvalue weighted by Gasteiger charge is 2.05. The van der Waals surface area contributed by atoms with Gasteiger partial charge in [-0.05, 0) is 42.7 Å². The molecule has 0 aliphatic heterocycles. The molecule has 3 aromatic rings. The zero-order valence-electron chi connectivity index (χ0n) is 15.0. The van der Waals surface area contributed by atoms with Crippen molar-refractivity contribution in [2.75, 3.05) is 23.8 Å². The lowest BCUT2D eigenvalue weighted by molar-refractivity contribution is -0.118. The van der Waals surface area contributed by atoms with Crippen molar-refractivity contribution in [2.24, 2.45) is 0 Å². The maximum absolute atomic E-state index is 11.9. The number of amides is 1. The summed E-state index contributed by atoms with van der Waals surface area (Å²) in [5, 5.41) is 14.0. The minimum Gasteiger partial charge on any atom is -0.484 e. The van der Waals surface area contributed by atoms with Crippen molar-refractivity contribution in [1.29, 1.82) is 0 Å². The van der Waals surface area contributed by atoms with Crippen LogP contribution in [0.3, 0.4) is 0 Å². The Morgan fingerprint density at radius 3 is 2.22 bits per heavy atom. The zero-order chi connectivity index (χ0) is 18.7. The molecule has 0 atom stereocenters. The van der Waals surface area contributed by atoms with E-state index in [-0.39, 0.29) is 12.5 Å². The number of benzene rings is 2. The van der Waals surface area contributed by atoms with Gasteiger partial charge in [0.05, 0.1) is 0 Å². The fraction of sp³-hybridized carbons (Fsp3) is 0.190. The molecule has 1 aromatic heterocycles. The van der Waals surface area contributed by atoms with E-state index in [2.05, 4.69) is 33.0 Å². The number of para-hydroxylation sites is 1. The van der Waals surface area contributed by atoms with Gasteiger partial charge in [-0.25, -0.2) is 0 Å². The quantitative estimate of drug-likeness (QED) is 0.570. The molecular weight excluding hydrogens is 340 g/mol. The van der Waals surface area contributed by atoms with E-state index in [1.807, 2.05) is 36.4 Å². The molecule has 0 aliphatic rings. The van der Waals surface area contributed by atoms with Gasteiger partial charge in [0, 0.05) is 6.54 Å². The normalized spacial score (nSPS) is 10.2. The topological polar surface area (TPSA) is 76.1 Å². The predicted octanol–water partition coefficient (Wildman–Crippen LogP) is 3.54. The van der Waals surface area contributed by atoms with Crippen molar-refractivity contribution in [2.45, 2.75) is 12.8 Å². The molecule has 0 spiro atoms. The Labute approximate surface area is 158 Å². The van der Waals surface area contributed by atoms with Crippen LogP contribution in [0.1, 0.15) is 12.0 Å². The Kier molecular flexibility index (Phi) is 6.75. The van der Waals surface area contributed by atoms with Crippen LogP contribution in [-0.4, -0.2) is 29.3 Å². The van der Waals surface area contributed by atoms with Gasteiger partial charge in [-0.2, -0.15) is 0 Å². The summed E-state index contributed by atoms with van der Waals surface area (Å²) in [6.07, 6.45) is 2.01. The van der Waals surface area contributed by atoms with Crippen molar-refractivity contribution in [3.05, 3.63) is 78.4 Å². The van der Waals surface area contributed by atoms with E-state index in [9.17, 15) is 4.79 Å². The lowest BCUT2D eigenvalue weighted by atomic mass is 10.1. The van der Waals surface area contributed by atoms with Gasteiger partial charge >= 0.3 is 0 Å². The summed E-state index contributed by atoms with van der Waals surface area (Å²) in [5.41, 5.74) is 1.32. The number of carbonyl (C=O) groups excluding carboxylic acids is 1. The number of hydrogen-bond donors (Lipinski definition) is 2. The van der Waals surface area contributed by atoms with Crippen molar-refractivity contribution < 1.29 is 9.53 Å². The Hall–Kier alpha value is -3.41. The number of ether oxygens (including phenoxy) is 1. The Bertz CT molecular complexity index is 824. The van der Waals surface area contributed by atoms with Crippen LogP contribution in [-0.2, 0) is 11.2 Å². The minimum atomic E-state index is -0.281. The molecule has 0 saturated heterocycles. The smallest absolute Gasteiger partial charge is 0.263 e. The fourth-order valence-corrected chi connectivity index (χ4v) is 2.49. The average molecular weight is 362 g/mol. The van der Waals surface area contributed by atoms with Crippen LogP contribution in [0.5, 0.6) is 5.75 Å². The van der Waals surface area contributed by atoms with E-state index in [4.69, 9.17) is 4.74 Å². The van der Waals surface area contributed by atoms with Crippen LogP contribution in [0, 0.1) is 0 Å². The van der Waals surface area contributed by atoms with Gasteiger partial charge in [0.25, 0.3) is 5.91 Å². The molecule has 0 saturated carbocycles. The zero-order valence-corrected chi connectivity index (χ0v) is 15.0. The fourth-order valence-electron chi connectivity index (χ4n) is 2.49. The first kappa shape index (κ1) is 18.4. The van der Waals surface area contributed by atoms with E-state index in [1.165, 1.54) is 5.56 Å². The van der Waals surface area contributed by atoms with E-state index < -0.39 is 0 Å². The van der Waals surface area contributed by atoms with Gasteiger partial charge in [-0.15, -0.1) is 10.2 Å². The van der Waals surface area contributed by atoms with E-state index >= 15 is 0 Å². The van der Waals surface area contributed by atoms with Crippen LogP contribution in [0.25, 0.3) is 0 Å². The Balaban J connectivity index is 1.37. The molecule has 1 heterocycles. The summed E-state index contributed by atoms with van der Waals surface area (Å²) < 4.78 is 5.39. The molecule has 2 aromatic carbocycles. The van der Waals surface area contributed by atoms with Crippen LogP contribution in [0.2, 0.25) is 0 Å². The lowest BCUT2D eigenvalue weighted by Crippen LogP contribution is -2.21. The molecule has 138 valence electrons. The van der Waals surface area contributed by atoms with Crippen molar-refractivity contribution in [1.82, 2.24) is 10.2 Å². The van der Waals surface area contributed by atoms with Gasteiger partial charge < -0.3 is 15.4 Å². The number of aromatic nitrogens is 2. The van der Waals surface area contributed by atoms with Gasteiger partial charge in [0.15, 0.2) is 12.4 Å². The summed E-state index contributed by atoms with van der Waals surface area (Å²) in [6, 6.07) is 23.1. The molecule has 0 fully saturated rings. The van der Waals surface area contributed by atoms with Gasteiger partial charge in [0.2, 0.25) is 0 Å². The predicted molar refractivity (Wildman–Crippen MR) is 106 cm³/mol. The standard InChI is InChI=1S/C21H22N4O2/c26-21(16-27-18-11-5-2-6-12-18)23-20-14-13-19(24-25-20)22-15-7-10-17-8-3-1-4-9-17/h1-6,8-9,11-14H,7,10,15-16H2,(H,22,24)(H,23,25,26). The van der Waals surface area contributed by atoms with Gasteiger partial charge in [-0.1, -0.05) is 48.5 Å². The summed E-state index contributed by atoms with van der Waals surface area (Å²) in [7, 11) is 0. The second-order valence-corrected chi connectivity index (χ2v) is 5.97. The van der Waals surface area contributed by atoms with Gasteiger partial charge in [0.1, 0.15) is 11.6 Å². The summed E-state index contributed by atoms with van der Waals surface area (Å²) >= 11 is 0. The first-order valence-corrected chi connectivity index (χ1v) is 8.89. The number of rotatable bonds is 9. The monoisotopic (exact) mass is 362 g/mol. The Morgan fingerprint density at radius 1 is 0.852 bits per heavy atom. The molecule has 1 amide bonds. The summed E-state index contributed by atoms with van der Waals surface area (Å²) in [4.78, 5) is 11.9. The molecule has 0 bridgehead atoms. The average Bonchev–Trinajstić information content (AvgIpc) is 2.72. The maximum atomic E-state index is 11.9. The van der Waals surface area contributed by atoms with Crippen molar-refractivity contribution in [3.63, 3.8) is 0 Å². The molecule has 3 rings (SSSR count). The molecule has 6 nitrogen and oxygen atoms in total. The Morgan fingerprint density at radius 2 is 1.52 bits per heavy atom. The highest BCUT2D eigenvalue weighted by atomic mass is 16.5. The summed E-state index contributed by atoms with van der Waals surface area (Å²) in [6.45, 7) is 0.728. The highest BCUT2D eigenvalue weighted by molar-refractivity contribution is 5.90. The largest absolute Gasteiger partial charge is 0.484 e. The molecule has 2 N–H and O–H groups in total. The van der Waals surface area contributed by atoms with Crippen LogP contribution < -0.4 is 15.4 Å². The van der Waals surface area contributed by atoms with E-state index in [1.54, 1.807) is 24.3 Å². The maximum Gasteiger partial charge on any atom is 0.263 e. The summed E-state index contributed by atoms with van der Waals surface area (Å²) in [5.74, 6) is 1.44. The number of nitrogens with zero attached hydrogens (tertiary/aromatic N) is 2.